The van der Waals surface area contributed by atoms with E-state index in [1.54, 1.807) is 0 Å². The Morgan fingerprint density at radius 1 is 1.38 bits per heavy atom. The van der Waals surface area contributed by atoms with Crippen molar-refractivity contribution < 1.29 is 9.53 Å². The van der Waals surface area contributed by atoms with Crippen LogP contribution in [0.1, 0.15) is 59.3 Å². The van der Waals surface area contributed by atoms with E-state index in [2.05, 4.69) is 38.0 Å². The van der Waals surface area contributed by atoms with Gasteiger partial charge in [-0.1, -0.05) is 20.8 Å². The summed E-state index contributed by atoms with van der Waals surface area (Å²) in [4.78, 5) is 14.2. The molecule has 4 nitrogen and oxygen atoms in total. The fourth-order valence-electron chi connectivity index (χ4n) is 3.10. The van der Waals surface area contributed by atoms with E-state index in [-0.39, 0.29) is 12.0 Å². The minimum atomic E-state index is -0.169. The highest BCUT2D eigenvalue weighted by Gasteiger charge is 2.29. The van der Waals surface area contributed by atoms with Crippen molar-refractivity contribution >= 4 is 5.97 Å². The van der Waals surface area contributed by atoms with Gasteiger partial charge in [-0.25, -0.2) is 0 Å². The Balaban J connectivity index is 2.38. The third-order valence-corrected chi connectivity index (χ3v) is 4.83. The van der Waals surface area contributed by atoms with Crippen LogP contribution in [0.4, 0.5) is 0 Å². The Bertz CT molecular complexity index is 308. The van der Waals surface area contributed by atoms with Gasteiger partial charge in [-0.15, -0.1) is 0 Å². The number of hydrogen-bond acceptors (Lipinski definition) is 4. The van der Waals surface area contributed by atoms with Crippen LogP contribution in [0.15, 0.2) is 0 Å². The molecule has 1 N–H and O–H groups in total. The lowest BCUT2D eigenvalue weighted by molar-refractivity contribution is -0.143. The predicted octanol–water partition coefficient (Wildman–Crippen LogP) is 2.82. The molecule has 1 rings (SSSR count). The van der Waals surface area contributed by atoms with E-state index in [4.69, 9.17) is 4.74 Å². The number of carbonyl (C=O) groups is 1. The van der Waals surface area contributed by atoms with E-state index < -0.39 is 0 Å². The lowest BCUT2D eigenvalue weighted by Crippen LogP contribution is -2.43. The molecule has 0 saturated heterocycles. The normalized spacial score (nSPS) is 20.5. The third-order valence-electron chi connectivity index (χ3n) is 4.83. The largest absolute Gasteiger partial charge is 0.468 e. The van der Waals surface area contributed by atoms with Crippen molar-refractivity contribution in [3.05, 3.63) is 0 Å². The molecule has 0 aliphatic heterocycles. The third kappa shape index (κ3) is 6.35. The fraction of sp³-hybridized carbons (Fsp3) is 0.941. The highest BCUT2D eigenvalue weighted by molar-refractivity contribution is 5.75. The molecule has 0 aromatic heterocycles. The average molecular weight is 298 g/mol. The van der Waals surface area contributed by atoms with Crippen LogP contribution < -0.4 is 5.32 Å². The first-order valence-electron chi connectivity index (χ1n) is 8.41. The number of esters is 1. The lowest BCUT2D eigenvalue weighted by Gasteiger charge is -2.39. The van der Waals surface area contributed by atoms with E-state index >= 15 is 0 Å². The van der Waals surface area contributed by atoms with E-state index in [9.17, 15) is 4.79 Å². The molecule has 0 radical (unpaired) electrons. The Labute approximate surface area is 130 Å². The molecule has 1 unspecified atom stereocenters. The summed E-state index contributed by atoms with van der Waals surface area (Å²) in [5.74, 6) is -0.137. The lowest BCUT2D eigenvalue weighted by atomic mass is 9.75. The SMILES string of the molecule is CCCNC(CCN(C)C1CCC(C)(C)CC1)C(=O)OC. The van der Waals surface area contributed by atoms with Gasteiger partial charge in [0.25, 0.3) is 0 Å². The summed E-state index contributed by atoms with van der Waals surface area (Å²) < 4.78 is 4.89. The monoisotopic (exact) mass is 298 g/mol. The zero-order chi connectivity index (χ0) is 15.9. The van der Waals surface area contributed by atoms with Gasteiger partial charge in [-0.2, -0.15) is 0 Å². The minimum absolute atomic E-state index is 0.137. The van der Waals surface area contributed by atoms with Crippen molar-refractivity contribution in [1.29, 1.82) is 0 Å². The van der Waals surface area contributed by atoms with Crippen LogP contribution in [0.2, 0.25) is 0 Å². The van der Waals surface area contributed by atoms with Gasteiger partial charge in [-0.3, -0.25) is 4.79 Å². The molecule has 1 atom stereocenters. The first-order chi connectivity index (χ1) is 9.89. The standard InChI is InChI=1S/C17H34N2O2/c1-6-12-18-15(16(20)21-5)9-13-19(4)14-7-10-17(2,3)11-8-14/h14-15,18H,6-13H2,1-5H3. The molecule has 0 amide bonds. The molecular weight excluding hydrogens is 264 g/mol. The van der Waals surface area contributed by atoms with Crippen LogP contribution in [0, 0.1) is 5.41 Å². The molecule has 1 fully saturated rings. The maximum Gasteiger partial charge on any atom is 0.322 e. The molecule has 0 bridgehead atoms. The van der Waals surface area contributed by atoms with Crippen molar-refractivity contribution in [1.82, 2.24) is 10.2 Å². The first kappa shape index (κ1) is 18.4. The number of ether oxygens (including phenoxy) is 1. The molecular formula is C17H34N2O2. The van der Waals surface area contributed by atoms with Crippen LogP contribution in [0.25, 0.3) is 0 Å². The van der Waals surface area contributed by atoms with Gasteiger partial charge < -0.3 is 15.0 Å². The van der Waals surface area contributed by atoms with Gasteiger partial charge >= 0.3 is 5.97 Å². The Hall–Kier alpha value is -0.610. The molecule has 0 aromatic carbocycles. The molecule has 21 heavy (non-hydrogen) atoms. The fourth-order valence-corrected chi connectivity index (χ4v) is 3.10. The van der Waals surface area contributed by atoms with Gasteiger partial charge in [0.15, 0.2) is 0 Å². The number of nitrogens with zero attached hydrogens (tertiary/aromatic N) is 1. The van der Waals surface area contributed by atoms with E-state index in [1.165, 1.54) is 32.8 Å². The number of carbonyl (C=O) groups excluding carboxylic acids is 1. The van der Waals surface area contributed by atoms with E-state index in [0.717, 1.165) is 25.9 Å². The molecule has 4 heteroatoms. The molecule has 124 valence electrons. The Morgan fingerprint density at radius 3 is 2.52 bits per heavy atom. The highest BCUT2D eigenvalue weighted by atomic mass is 16.5. The summed E-state index contributed by atoms with van der Waals surface area (Å²) in [6.07, 6.45) is 7.00. The van der Waals surface area contributed by atoms with E-state index in [1.807, 2.05) is 0 Å². The van der Waals surface area contributed by atoms with Crippen molar-refractivity contribution in [3.8, 4) is 0 Å². The zero-order valence-electron chi connectivity index (χ0n) is 14.6. The van der Waals surface area contributed by atoms with Crippen LogP contribution in [-0.2, 0) is 9.53 Å². The minimum Gasteiger partial charge on any atom is -0.468 e. The number of methoxy groups -OCH3 is 1. The van der Waals surface area contributed by atoms with Crippen molar-refractivity contribution in [2.45, 2.75) is 71.4 Å². The second kappa shape index (κ2) is 8.74. The summed E-state index contributed by atoms with van der Waals surface area (Å²) in [5, 5.41) is 3.29. The van der Waals surface area contributed by atoms with Crippen molar-refractivity contribution in [3.63, 3.8) is 0 Å². The summed E-state index contributed by atoms with van der Waals surface area (Å²) in [5.41, 5.74) is 0.509. The number of hydrogen-bond donors (Lipinski definition) is 1. The van der Waals surface area contributed by atoms with Crippen molar-refractivity contribution in [2.24, 2.45) is 5.41 Å². The Morgan fingerprint density at radius 2 is 2.00 bits per heavy atom. The van der Waals surface area contributed by atoms with Crippen LogP contribution in [-0.4, -0.2) is 50.2 Å². The van der Waals surface area contributed by atoms with Crippen molar-refractivity contribution in [2.75, 3.05) is 27.2 Å². The van der Waals surface area contributed by atoms with Crippen LogP contribution in [0.3, 0.4) is 0 Å². The predicted molar refractivity (Wildman–Crippen MR) is 87.4 cm³/mol. The summed E-state index contributed by atoms with van der Waals surface area (Å²) >= 11 is 0. The first-order valence-corrected chi connectivity index (χ1v) is 8.41. The van der Waals surface area contributed by atoms with Gasteiger partial charge in [0.1, 0.15) is 6.04 Å². The number of nitrogens with one attached hydrogen (secondary N) is 1. The summed E-state index contributed by atoms with van der Waals surface area (Å²) in [6, 6.07) is 0.500. The summed E-state index contributed by atoms with van der Waals surface area (Å²) in [7, 11) is 3.66. The van der Waals surface area contributed by atoms with Gasteiger partial charge in [-0.05, 0) is 57.5 Å². The Kier molecular flexibility index (Phi) is 7.67. The van der Waals surface area contributed by atoms with E-state index in [0.29, 0.717) is 11.5 Å². The topological polar surface area (TPSA) is 41.6 Å². The highest BCUT2D eigenvalue weighted by Crippen LogP contribution is 2.36. The molecule has 0 spiro atoms. The maximum absolute atomic E-state index is 11.8. The maximum atomic E-state index is 11.8. The second-order valence-electron chi connectivity index (χ2n) is 7.19. The molecule has 1 aliphatic carbocycles. The van der Waals surface area contributed by atoms with Crippen LogP contribution in [0.5, 0.6) is 0 Å². The zero-order valence-corrected chi connectivity index (χ0v) is 14.6. The quantitative estimate of drug-likeness (QED) is 0.700. The van der Waals surface area contributed by atoms with Crippen LogP contribution >= 0.6 is 0 Å². The molecule has 0 heterocycles. The summed E-state index contributed by atoms with van der Waals surface area (Å²) in [6.45, 7) is 8.65. The van der Waals surface area contributed by atoms with Gasteiger partial charge in [0.2, 0.25) is 0 Å². The average Bonchev–Trinajstić information content (AvgIpc) is 2.46. The van der Waals surface area contributed by atoms with Gasteiger partial charge in [0, 0.05) is 12.6 Å². The smallest absolute Gasteiger partial charge is 0.322 e. The molecule has 1 saturated carbocycles. The molecule has 0 aromatic rings. The molecule has 1 aliphatic rings. The van der Waals surface area contributed by atoms with Gasteiger partial charge in [0.05, 0.1) is 7.11 Å². The second-order valence-corrected chi connectivity index (χ2v) is 7.19. The number of rotatable bonds is 8.